The first-order chi connectivity index (χ1) is 15.8. The Bertz CT molecular complexity index is 1330. The van der Waals surface area contributed by atoms with Crippen LogP contribution in [0.15, 0.2) is 97.7 Å². The molecule has 0 unspecified atom stereocenters. The molecule has 0 atom stereocenters. The van der Waals surface area contributed by atoms with Gasteiger partial charge in [-0.3, -0.25) is 9.78 Å². The second kappa shape index (κ2) is 8.81. The number of benzene rings is 2. The Morgan fingerprint density at radius 1 is 0.812 bits per heavy atom. The molecule has 0 radical (unpaired) electrons. The predicted octanol–water partition coefficient (Wildman–Crippen LogP) is 4.86. The summed E-state index contributed by atoms with van der Waals surface area (Å²) in [6.07, 6.45) is 6.78. The highest BCUT2D eigenvalue weighted by Crippen LogP contribution is 2.21. The van der Waals surface area contributed by atoms with Crippen molar-refractivity contribution < 1.29 is 4.79 Å². The summed E-state index contributed by atoms with van der Waals surface area (Å²) in [5, 5.41) is 0.903. The average Bonchev–Trinajstić information content (AvgIpc) is 3.37. The van der Waals surface area contributed by atoms with Crippen molar-refractivity contribution in [2.24, 2.45) is 0 Å². The third-order valence-corrected chi connectivity index (χ3v) is 5.35. The van der Waals surface area contributed by atoms with E-state index in [1.807, 2.05) is 30.3 Å². The number of carbonyl (C=O) groups excluding carboxylic acids is 1. The quantitative estimate of drug-likeness (QED) is 0.426. The van der Waals surface area contributed by atoms with Gasteiger partial charge in [-0.05, 0) is 34.9 Å². The summed E-state index contributed by atoms with van der Waals surface area (Å²) in [7, 11) is 0. The standard InChI is InChI=1S/C26H21N5O/c32-26(25-11-10-22-14-27-13-12-24(22)30-25)31(17-23-15-28-18-29-23)16-19-6-8-21(9-7-19)20-4-2-1-3-5-20/h1-15,18H,16-17H2,(H,28,29). The summed E-state index contributed by atoms with van der Waals surface area (Å²) in [6, 6.07) is 24.0. The number of hydrogen-bond donors (Lipinski definition) is 1. The lowest BCUT2D eigenvalue weighted by Gasteiger charge is -2.22. The van der Waals surface area contributed by atoms with Crippen molar-refractivity contribution in [1.82, 2.24) is 24.8 Å². The van der Waals surface area contributed by atoms with Crippen LogP contribution in [0.3, 0.4) is 0 Å². The Morgan fingerprint density at radius 3 is 2.41 bits per heavy atom. The van der Waals surface area contributed by atoms with Gasteiger partial charge in [0.2, 0.25) is 0 Å². The first kappa shape index (κ1) is 19.6. The van der Waals surface area contributed by atoms with Crippen molar-refractivity contribution in [3.63, 3.8) is 0 Å². The van der Waals surface area contributed by atoms with Crippen molar-refractivity contribution in [3.05, 3.63) is 115 Å². The third-order valence-electron chi connectivity index (χ3n) is 5.35. The SMILES string of the molecule is O=C(c1ccc2cnccc2n1)N(Cc1ccc(-c2ccccc2)cc1)Cc1cnc[nH]1. The topological polar surface area (TPSA) is 74.8 Å². The van der Waals surface area contributed by atoms with Crippen LogP contribution in [-0.4, -0.2) is 30.7 Å². The fourth-order valence-corrected chi connectivity index (χ4v) is 3.68. The molecule has 0 aliphatic rings. The number of hydrogen-bond acceptors (Lipinski definition) is 4. The predicted molar refractivity (Wildman–Crippen MR) is 124 cm³/mol. The minimum Gasteiger partial charge on any atom is -0.347 e. The molecule has 5 aromatic rings. The number of rotatable bonds is 6. The van der Waals surface area contributed by atoms with Crippen molar-refractivity contribution in [1.29, 1.82) is 0 Å². The van der Waals surface area contributed by atoms with Gasteiger partial charge in [-0.1, -0.05) is 54.6 Å². The molecule has 0 saturated carbocycles. The number of nitrogens with one attached hydrogen (secondary N) is 1. The number of amides is 1. The fourth-order valence-electron chi connectivity index (χ4n) is 3.68. The zero-order valence-corrected chi connectivity index (χ0v) is 17.3. The van der Waals surface area contributed by atoms with E-state index in [0.717, 1.165) is 27.7 Å². The van der Waals surface area contributed by atoms with Crippen LogP contribution in [0.4, 0.5) is 0 Å². The monoisotopic (exact) mass is 419 g/mol. The number of aromatic amines is 1. The molecule has 2 aromatic carbocycles. The van der Waals surface area contributed by atoms with Crippen LogP contribution in [0.2, 0.25) is 0 Å². The van der Waals surface area contributed by atoms with Crippen LogP contribution in [0.1, 0.15) is 21.7 Å². The van der Waals surface area contributed by atoms with Gasteiger partial charge in [-0.15, -0.1) is 0 Å². The van der Waals surface area contributed by atoms with Gasteiger partial charge in [0.25, 0.3) is 5.91 Å². The molecule has 0 spiro atoms. The first-order valence-electron chi connectivity index (χ1n) is 10.4. The number of nitrogens with zero attached hydrogens (tertiary/aromatic N) is 4. The van der Waals surface area contributed by atoms with Crippen LogP contribution in [-0.2, 0) is 13.1 Å². The van der Waals surface area contributed by atoms with Gasteiger partial charge in [-0.25, -0.2) is 9.97 Å². The van der Waals surface area contributed by atoms with Crippen LogP contribution in [0.5, 0.6) is 0 Å². The Morgan fingerprint density at radius 2 is 1.62 bits per heavy atom. The van der Waals surface area contributed by atoms with Crippen LogP contribution in [0.25, 0.3) is 22.0 Å². The highest BCUT2D eigenvalue weighted by atomic mass is 16.2. The number of aromatic nitrogens is 4. The van der Waals surface area contributed by atoms with Gasteiger partial charge >= 0.3 is 0 Å². The van der Waals surface area contributed by atoms with Gasteiger partial charge in [0.1, 0.15) is 5.69 Å². The summed E-state index contributed by atoms with van der Waals surface area (Å²) >= 11 is 0. The minimum absolute atomic E-state index is 0.134. The summed E-state index contributed by atoms with van der Waals surface area (Å²) in [5.74, 6) is -0.134. The number of fused-ring (bicyclic) bond motifs is 1. The molecule has 6 heteroatoms. The molecule has 0 bridgehead atoms. The molecule has 0 fully saturated rings. The molecular formula is C26H21N5O. The molecule has 0 saturated heterocycles. The van der Waals surface area contributed by atoms with E-state index >= 15 is 0 Å². The molecule has 0 aliphatic heterocycles. The van der Waals surface area contributed by atoms with Gasteiger partial charge < -0.3 is 9.88 Å². The first-order valence-corrected chi connectivity index (χ1v) is 10.4. The van der Waals surface area contributed by atoms with E-state index in [1.54, 1.807) is 35.9 Å². The maximum Gasteiger partial charge on any atom is 0.273 e. The van der Waals surface area contributed by atoms with Crippen LogP contribution >= 0.6 is 0 Å². The molecule has 32 heavy (non-hydrogen) atoms. The van der Waals surface area contributed by atoms with Gasteiger partial charge in [-0.2, -0.15) is 0 Å². The molecule has 5 rings (SSSR count). The highest BCUT2D eigenvalue weighted by Gasteiger charge is 2.19. The molecule has 0 aliphatic carbocycles. The van der Waals surface area contributed by atoms with Crippen LogP contribution in [0, 0.1) is 0 Å². The van der Waals surface area contributed by atoms with E-state index in [-0.39, 0.29) is 5.91 Å². The zero-order valence-electron chi connectivity index (χ0n) is 17.3. The van der Waals surface area contributed by atoms with Crippen molar-refractivity contribution in [3.8, 4) is 11.1 Å². The van der Waals surface area contributed by atoms with E-state index < -0.39 is 0 Å². The molecule has 1 N–H and O–H groups in total. The van der Waals surface area contributed by atoms with E-state index in [4.69, 9.17) is 0 Å². The molecule has 6 nitrogen and oxygen atoms in total. The van der Waals surface area contributed by atoms with Gasteiger partial charge in [0, 0.05) is 30.5 Å². The molecule has 3 aromatic heterocycles. The average molecular weight is 419 g/mol. The Balaban J connectivity index is 1.42. The number of pyridine rings is 2. The largest absolute Gasteiger partial charge is 0.347 e. The Hall–Kier alpha value is -4.32. The number of imidazole rings is 1. The summed E-state index contributed by atoms with van der Waals surface area (Å²) in [4.78, 5) is 31.0. The fraction of sp³-hybridized carbons (Fsp3) is 0.0769. The van der Waals surface area contributed by atoms with Gasteiger partial charge in [0.15, 0.2) is 0 Å². The normalized spacial score (nSPS) is 10.9. The highest BCUT2D eigenvalue weighted by molar-refractivity contribution is 5.94. The van der Waals surface area contributed by atoms with E-state index in [9.17, 15) is 4.79 Å². The maximum atomic E-state index is 13.4. The van der Waals surface area contributed by atoms with Crippen molar-refractivity contribution >= 4 is 16.8 Å². The Kier molecular flexibility index (Phi) is 5.41. The maximum absolute atomic E-state index is 13.4. The van der Waals surface area contributed by atoms with E-state index in [0.29, 0.717) is 18.8 Å². The van der Waals surface area contributed by atoms with Gasteiger partial charge in [0.05, 0.1) is 24.1 Å². The lowest BCUT2D eigenvalue weighted by atomic mass is 10.0. The zero-order chi connectivity index (χ0) is 21.8. The van der Waals surface area contributed by atoms with Crippen LogP contribution < -0.4 is 0 Å². The Labute approximate surface area is 185 Å². The summed E-state index contributed by atoms with van der Waals surface area (Å²) in [6.45, 7) is 0.873. The third kappa shape index (κ3) is 4.25. The summed E-state index contributed by atoms with van der Waals surface area (Å²) in [5.41, 5.74) is 5.38. The molecule has 156 valence electrons. The molecular weight excluding hydrogens is 398 g/mol. The lowest BCUT2D eigenvalue weighted by Crippen LogP contribution is -2.31. The van der Waals surface area contributed by atoms with E-state index in [1.165, 1.54) is 5.56 Å². The second-order valence-corrected chi connectivity index (χ2v) is 7.57. The lowest BCUT2D eigenvalue weighted by molar-refractivity contribution is 0.0722. The molecule has 3 heterocycles. The minimum atomic E-state index is -0.134. The van der Waals surface area contributed by atoms with Crippen molar-refractivity contribution in [2.75, 3.05) is 0 Å². The van der Waals surface area contributed by atoms with E-state index in [2.05, 4.69) is 56.3 Å². The number of H-pyrrole nitrogens is 1. The summed E-state index contributed by atoms with van der Waals surface area (Å²) < 4.78 is 0. The molecule has 1 amide bonds. The smallest absolute Gasteiger partial charge is 0.273 e. The van der Waals surface area contributed by atoms with Crippen molar-refractivity contribution in [2.45, 2.75) is 13.1 Å². The second-order valence-electron chi connectivity index (χ2n) is 7.57. The number of carbonyl (C=O) groups is 1.